The molecule has 0 bridgehead atoms. The van der Waals surface area contributed by atoms with Crippen LogP contribution in [0.4, 0.5) is 4.79 Å². The van der Waals surface area contributed by atoms with Crippen molar-refractivity contribution in [2.24, 2.45) is 4.99 Å². The molecule has 0 fully saturated rings. The normalized spacial score (nSPS) is 13.7. The summed E-state index contributed by atoms with van der Waals surface area (Å²) in [4.78, 5) is 53.8. The number of aryl methyl sites for hydroxylation is 1. The van der Waals surface area contributed by atoms with Crippen LogP contribution in [0, 0.1) is 6.92 Å². The molecule has 46 heavy (non-hydrogen) atoms. The zero-order chi connectivity index (χ0) is 33.4. The molecule has 2 aromatic carbocycles. The van der Waals surface area contributed by atoms with Gasteiger partial charge in [-0.3, -0.25) is 23.9 Å². The number of carbonyl (C=O) groups excluding carboxylic acids is 4. The van der Waals surface area contributed by atoms with E-state index in [0.29, 0.717) is 28.1 Å². The van der Waals surface area contributed by atoms with Gasteiger partial charge in [-0.2, -0.15) is 0 Å². The van der Waals surface area contributed by atoms with Crippen LogP contribution in [-0.2, 0) is 19.1 Å². The third-order valence-electron chi connectivity index (χ3n) is 6.64. The summed E-state index contributed by atoms with van der Waals surface area (Å²) < 4.78 is 12.4. The van der Waals surface area contributed by atoms with Crippen molar-refractivity contribution < 1.29 is 28.7 Å². The van der Waals surface area contributed by atoms with Crippen molar-refractivity contribution in [2.75, 3.05) is 33.3 Å². The number of rotatable bonds is 11. The third kappa shape index (κ3) is 9.03. The zero-order valence-corrected chi connectivity index (χ0v) is 27.0. The summed E-state index contributed by atoms with van der Waals surface area (Å²) >= 11 is 6.16. The fourth-order valence-electron chi connectivity index (χ4n) is 4.60. The molecule has 4 amide bonds. The van der Waals surface area contributed by atoms with Crippen molar-refractivity contribution >= 4 is 41.1 Å². The Balaban J connectivity index is 1.36. The molecule has 15 heteroatoms. The van der Waals surface area contributed by atoms with E-state index in [0.717, 1.165) is 16.8 Å². The smallest absolute Gasteiger partial charge is 0.408 e. The van der Waals surface area contributed by atoms with Crippen LogP contribution in [-0.4, -0.2) is 83.2 Å². The van der Waals surface area contributed by atoms with Gasteiger partial charge in [0, 0.05) is 29.2 Å². The molecule has 0 aliphatic carbocycles. The second-order valence-corrected chi connectivity index (χ2v) is 11.8. The van der Waals surface area contributed by atoms with Gasteiger partial charge in [-0.25, -0.2) is 4.79 Å². The third-order valence-corrected chi connectivity index (χ3v) is 6.89. The molecule has 14 nitrogen and oxygen atoms in total. The van der Waals surface area contributed by atoms with E-state index < -0.39 is 29.6 Å². The number of halogens is 1. The molecule has 0 spiro atoms. The average molecular weight is 653 g/mol. The van der Waals surface area contributed by atoms with Gasteiger partial charge in [-0.05, 0) is 58.0 Å². The number of nitrogens with zero attached hydrogens (tertiary/aromatic N) is 4. The van der Waals surface area contributed by atoms with E-state index in [9.17, 15) is 19.2 Å². The maximum atomic E-state index is 13.1. The van der Waals surface area contributed by atoms with Crippen molar-refractivity contribution in [1.29, 1.82) is 0 Å². The molecule has 1 atom stereocenters. The first-order valence-electron chi connectivity index (χ1n) is 14.6. The summed E-state index contributed by atoms with van der Waals surface area (Å²) in [6.45, 7) is 6.57. The summed E-state index contributed by atoms with van der Waals surface area (Å²) in [6.07, 6.45) is -0.770. The van der Waals surface area contributed by atoms with Crippen molar-refractivity contribution in [2.45, 2.75) is 45.8 Å². The van der Waals surface area contributed by atoms with Gasteiger partial charge in [0.2, 0.25) is 17.7 Å². The topological polar surface area (TPSA) is 178 Å². The second-order valence-electron chi connectivity index (χ2n) is 11.4. The van der Waals surface area contributed by atoms with E-state index in [1.807, 2.05) is 41.8 Å². The van der Waals surface area contributed by atoms with Crippen molar-refractivity contribution in [3.8, 4) is 11.4 Å². The van der Waals surface area contributed by atoms with E-state index in [2.05, 4.69) is 31.5 Å². The lowest BCUT2D eigenvalue weighted by atomic mass is 10.00. The maximum Gasteiger partial charge on any atom is 0.408 e. The van der Waals surface area contributed by atoms with E-state index in [4.69, 9.17) is 26.1 Å². The van der Waals surface area contributed by atoms with Gasteiger partial charge in [0.05, 0.1) is 31.5 Å². The van der Waals surface area contributed by atoms with Gasteiger partial charge in [-0.15, -0.1) is 10.2 Å². The summed E-state index contributed by atoms with van der Waals surface area (Å²) in [7, 11) is 1.59. The van der Waals surface area contributed by atoms with Crippen LogP contribution >= 0.6 is 11.6 Å². The number of amides is 4. The minimum atomic E-state index is -0.737. The first-order chi connectivity index (χ1) is 21.8. The number of benzene rings is 2. The van der Waals surface area contributed by atoms with Gasteiger partial charge in [-0.1, -0.05) is 23.7 Å². The molecule has 0 radical (unpaired) electrons. The van der Waals surface area contributed by atoms with Gasteiger partial charge in [0.15, 0.2) is 5.82 Å². The highest BCUT2D eigenvalue weighted by Gasteiger charge is 2.30. The molecule has 244 valence electrons. The highest BCUT2D eigenvalue weighted by Crippen LogP contribution is 2.34. The summed E-state index contributed by atoms with van der Waals surface area (Å²) in [5, 5.41) is 19.4. The molecular formula is C31H37ClN8O6. The number of nitrogens with one attached hydrogen (secondary N) is 4. The molecular weight excluding hydrogens is 616 g/mol. The number of aliphatic imine (C=N–C) groups is 1. The van der Waals surface area contributed by atoms with Crippen molar-refractivity contribution in [3.05, 3.63) is 70.3 Å². The molecule has 4 rings (SSSR count). The number of ether oxygens (including phenoxy) is 2. The predicted octanol–water partition coefficient (Wildman–Crippen LogP) is 2.39. The lowest BCUT2D eigenvalue weighted by Gasteiger charge is -2.19. The summed E-state index contributed by atoms with van der Waals surface area (Å²) in [5.74, 6) is 0.458. The second kappa shape index (κ2) is 14.9. The van der Waals surface area contributed by atoms with Gasteiger partial charge in [0.25, 0.3) is 0 Å². The Bertz CT molecular complexity index is 1630. The standard InChI is InChI=1S/C31H37ClN8O6/c1-18-38-39-29-23(15-25(41)33-12-13-34-26(42)16-35-27(43)17-36-30(44)46-31(2,3)4)37-28(19-6-8-20(32)9-7-19)22-14-21(45-5)10-11-24(22)40(18)29/h6-11,14,23H,12-13,15-17H2,1-5H3,(H,33,41)(H,34,42)(H,35,43)(H,36,44)/t23-/m0/s1. The molecule has 0 saturated heterocycles. The molecule has 3 aromatic rings. The highest BCUT2D eigenvalue weighted by atomic mass is 35.5. The first-order valence-corrected chi connectivity index (χ1v) is 14.9. The molecule has 2 heterocycles. The van der Waals surface area contributed by atoms with Crippen LogP contribution in [0.2, 0.25) is 5.02 Å². The van der Waals surface area contributed by atoms with E-state index >= 15 is 0 Å². The Morgan fingerprint density at radius 3 is 2.22 bits per heavy atom. The van der Waals surface area contributed by atoms with Crippen LogP contribution in [0.1, 0.15) is 56.0 Å². The highest BCUT2D eigenvalue weighted by molar-refractivity contribution is 6.30. The molecule has 0 saturated carbocycles. The van der Waals surface area contributed by atoms with Crippen LogP contribution in [0.3, 0.4) is 0 Å². The molecule has 0 unspecified atom stereocenters. The van der Waals surface area contributed by atoms with Crippen LogP contribution in [0.5, 0.6) is 5.75 Å². The lowest BCUT2D eigenvalue weighted by molar-refractivity contribution is -0.125. The fraction of sp³-hybridized carbons (Fsp3) is 0.387. The number of fused-ring (bicyclic) bond motifs is 3. The maximum absolute atomic E-state index is 13.1. The lowest BCUT2D eigenvalue weighted by Crippen LogP contribution is -2.44. The van der Waals surface area contributed by atoms with E-state index in [1.54, 1.807) is 40.0 Å². The number of hydrogen-bond donors (Lipinski definition) is 4. The Morgan fingerprint density at radius 1 is 0.891 bits per heavy atom. The largest absolute Gasteiger partial charge is 0.497 e. The van der Waals surface area contributed by atoms with Crippen LogP contribution in [0.25, 0.3) is 5.69 Å². The Kier molecular flexibility index (Phi) is 11.0. The van der Waals surface area contributed by atoms with Gasteiger partial charge < -0.3 is 30.7 Å². The minimum absolute atomic E-state index is 0.0327. The van der Waals surface area contributed by atoms with E-state index in [1.165, 1.54) is 0 Å². The van der Waals surface area contributed by atoms with Gasteiger partial charge >= 0.3 is 6.09 Å². The number of hydrogen-bond acceptors (Lipinski definition) is 9. The Morgan fingerprint density at radius 2 is 1.54 bits per heavy atom. The van der Waals surface area contributed by atoms with Crippen LogP contribution < -0.4 is 26.0 Å². The monoisotopic (exact) mass is 652 g/mol. The Hall–Kier alpha value is -4.98. The quantitative estimate of drug-likeness (QED) is 0.228. The number of carbonyl (C=O) groups is 4. The van der Waals surface area contributed by atoms with Gasteiger partial charge in [0.1, 0.15) is 29.8 Å². The SMILES string of the molecule is COc1ccc2c(c1)C(c1ccc(Cl)cc1)=N[C@@H](CC(=O)NCCNC(=O)CNC(=O)CNC(=O)OC(C)(C)C)c1nnc(C)n1-2. The molecule has 4 N–H and O–H groups in total. The molecule has 1 aromatic heterocycles. The van der Waals surface area contributed by atoms with E-state index in [-0.39, 0.29) is 38.5 Å². The zero-order valence-electron chi connectivity index (χ0n) is 26.3. The number of methoxy groups -OCH3 is 1. The Labute approximate surface area is 271 Å². The van der Waals surface area contributed by atoms with Crippen molar-refractivity contribution in [1.82, 2.24) is 36.0 Å². The summed E-state index contributed by atoms with van der Waals surface area (Å²) in [6, 6.07) is 12.2. The number of aromatic nitrogens is 3. The minimum Gasteiger partial charge on any atom is -0.497 e. The van der Waals surface area contributed by atoms with Crippen molar-refractivity contribution in [3.63, 3.8) is 0 Å². The number of alkyl carbamates (subject to hydrolysis) is 1. The first kappa shape index (κ1) is 33.9. The fourth-order valence-corrected chi connectivity index (χ4v) is 4.72. The molecule has 1 aliphatic heterocycles. The summed E-state index contributed by atoms with van der Waals surface area (Å²) in [5.41, 5.74) is 2.33. The average Bonchev–Trinajstić information content (AvgIpc) is 3.33. The molecule has 1 aliphatic rings. The predicted molar refractivity (Wildman–Crippen MR) is 170 cm³/mol. The van der Waals surface area contributed by atoms with Crippen LogP contribution in [0.15, 0.2) is 47.5 Å².